The number of halogens is 1. The van der Waals surface area contributed by atoms with Crippen LogP contribution in [0.25, 0.3) is 0 Å². The average molecular weight is 229 g/mol. The summed E-state index contributed by atoms with van der Waals surface area (Å²) in [5.41, 5.74) is 0.435. The first-order valence-corrected chi connectivity index (χ1v) is 5.15. The maximum absolute atomic E-state index is 10.7. The van der Waals surface area contributed by atoms with Gasteiger partial charge in [0.15, 0.2) is 12.0 Å². The van der Waals surface area contributed by atoms with Gasteiger partial charge >= 0.3 is 0 Å². The highest BCUT2D eigenvalue weighted by atomic mass is 35.5. The summed E-state index contributed by atoms with van der Waals surface area (Å²) in [6.07, 6.45) is 0.715. The number of carbonyl (C=O) groups excluding carboxylic acids is 1. The molecule has 0 N–H and O–H groups in total. The molecule has 0 bridgehead atoms. The molecule has 1 aromatic rings. The maximum atomic E-state index is 10.7. The minimum atomic E-state index is 0.350. The van der Waals surface area contributed by atoms with E-state index in [2.05, 4.69) is 0 Å². The summed E-state index contributed by atoms with van der Waals surface area (Å²) in [4.78, 5) is 10.7. The molecule has 82 valence electrons. The van der Waals surface area contributed by atoms with Gasteiger partial charge in [0.25, 0.3) is 0 Å². The van der Waals surface area contributed by atoms with Crippen LogP contribution in [0.1, 0.15) is 24.2 Å². The fourth-order valence-corrected chi connectivity index (χ4v) is 1.48. The molecule has 0 aromatic heterocycles. The van der Waals surface area contributed by atoms with Gasteiger partial charge in [-0.1, -0.05) is 11.6 Å². The van der Waals surface area contributed by atoms with Gasteiger partial charge in [-0.3, -0.25) is 4.79 Å². The molecule has 1 aromatic carbocycles. The van der Waals surface area contributed by atoms with Crippen molar-refractivity contribution < 1.29 is 14.3 Å². The second kappa shape index (κ2) is 5.61. The molecule has 0 radical (unpaired) electrons. The van der Waals surface area contributed by atoms with E-state index < -0.39 is 0 Å². The van der Waals surface area contributed by atoms with Gasteiger partial charge in [0, 0.05) is 0 Å². The highest BCUT2D eigenvalue weighted by molar-refractivity contribution is 6.34. The lowest BCUT2D eigenvalue weighted by molar-refractivity contribution is 0.112. The Morgan fingerprint density at radius 2 is 1.93 bits per heavy atom. The molecule has 15 heavy (non-hydrogen) atoms. The fraction of sp³-hybridized carbons (Fsp3) is 0.364. The number of carbonyl (C=O) groups is 1. The van der Waals surface area contributed by atoms with E-state index in [9.17, 15) is 4.79 Å². The van der Waals surface area contributed by atoms with Crippen LogP contribution in [0, 0.1) is 0 Å². The zero-order valence-corrected chi connectivity index (χ0v) is 9.50. The standard InChI is InChI=1S/C11H13ClO3/c1-3-14-9-6-5-8(7-13)11(10(9)12)15-4-2/h5-7H,3-4H2,1-2H3. The highest BCUT2D eigenvalue weighted by Gasteiger charge is 2.13. The van der Waals surface area contributed by atoms with Crippen molar-refractivity contribution in [2.45, 2.75) is 13.8 Å². The number of hydrogen-bond donors (Lipinski definition) is 0. The predicted octanol–water partition coefficient (Wildman–Crippen LogP) is 2.95. The topological polar surface area (TPSA) is 35.5 Å². The van der Waals surface area contributed by atoms with Crippen LogP contribution in [-0.4, -0.2) is 19.5 Å². The normalized spacial score (nSPS) is 9.80. The predicted molar refractivity (Wildman–Crippen MR) is 59.2 cm³/mol. The summed E-state index contributed by atoms with van der Waals surface area (Å²) in [5, 5.41) is 0.350. The Kier molecular flexibility index (Phi) is 4.43. The van der Waals surface area contributed by atoms with Gasteiger partial charge in [0.05, 0.1) is 18.8 Å². The molecule has 0 spiro atoms. The van der Waals surface area contributed by atoms with Gasteiger partial charge < -0.3 is 9.47 Å². The third-order valence-electron chi connectivity index (χ3n) is 1.81. The van der Waals surface area contributed by atoms with E-state index >= 15 is 0 Å². The number of ether oxygens (including phenoxy) is 2. The van der Waals surface area contributed by atoms with Gasteiger partial charge in [0.2, 0.25) is 0 Å². The van der Waals surface area contributed by atoms with Gasteiger partial charge in [-0.15, -0.1) is 0 Å². The molecule has 0 fully saturated rings. The van der Waals surface area contributed by atoms with Crippen molar-refractivity contribution in [2.24, 2.45) is 0 Å². The second-order valence-electron chi connectivity index (χ2n) is 2.78. The molecule has 0 amide bonds. The summed E-state index contributed by atoms with van der Waals surface area (Å²) in [5.74, 6) is 0.924. The Morgan fingerprint density at radius 1 is 1.27 bits per heavy atom. The molecule has 0 aliphatic heterocycles. The lowest BCUT2D eigenvalue weighted by Crippen LogP contribution is -1.99. The summed E-state index contributed by atoms with van der Waals surface area (Å²) in [6, 6.07) is 3.30. The number of rotatable bonds is 5. The lowest BCUT2D eigenvalue weighted by Gasteiger charge is -2.12. The van der Waals surface area contributed by atoms with Crippen molar-refractivity contribution in [2.75, 3.05) is 13.2 Å². The fourth-order valence-electron chi connectivity index (χ4n) is 1.20. The average Bonchev–Trinajstić information content (AvgIpc) is 2.25. The van der Waals surface area contributed by atoms with E-state index in [-0.39, 0.29) is 0 Å². The second-order valence-corrected chi connectivity index (χ2v) is 3.16. The summed E-state index contributed by atoms with van der Waals surface area (Å²) in [6.45, 7) is 4.67. The van der Waals surface area contributed by atoms with Crippen LogP contribution in [0.15, 0.2) is 12.1 Å². The van der Waals surface area contributed by atoms with Gasteiger partial charge in [-0.2, -0.15) is 0 Å². The Balaban J connectivity index is 3.16. The molecule has 3 nitrogen and oxygen atoms in total. The van der Waals surface area contributed by atoms with Crippen LogP contribution < -0.4 is 9.47 Å². The summed E-state index contributed by atoms with van der Waals surface area (Å²) >= 11 is 6.04. The minimum Gasteiger partial charge on any atom is -0.492 e. The molecule has 0 heterocycles. The van der Waals surface area contributed by atoms with Crippen LogP contribution in [0.5, 0.6) is 11.5 Å². The smallest absolute Gasteiger partial charge is 0.153 e. The molecule has 1 rings (SSSR count). The SMILES string of the molecule is CCOc1ccc(C=O)c(OCC)c1Cl. The van der Waals surface area contributed by atoms with Crippen molar-refractivity contribution in [3.05, 3.63) is 22.7 Å². The molecular formula is C11H13ClO3. The first-order chi connectivity index (χ1) is 7.24. The number of benzene rings is 1. The molecule has 0 atom stereocenters. The quantitative estimate of drug-likeness (QED) is 0.727. The van der Waals surface area contributed by atoms with Gasteiger partial charge in [-0.25, -0.2) is 0 Å². The Bertz CT molecular complexity index is 350. The Hall–Kier alpha value is -1.22. The van der Waals surface area contributed by atoms with Crippen molar-refractivity contribution in [3.63, 3.8) is 0 Å². The first-order valence-electron chi connectivity index (χ1n) is 4.77. The zero-order chi connectivity index (χ0) is 11.3. The van der Waals surface area contributed by atoms with Crippen LogP contribution in [0.2, 0.25) is 5.02 Å². The molecule has 4 heteroatoms. The van der Waals surface area contributed by atoms with E-state index in [4.69, 9.17) is 21.1 Å². The van der Waals surface area contributed by atoms with E-state index in [1.165, 1.54) is 0 Å². The third kappa shape index (κ3) is 2.63. The largest absolute Gasteiger partial charge is 0.492 e. The maximum Gasteiger partial charge on any atom is 0.153 e. The van der Waals surface area contributed by atoms with Crippen LogP contribution in [0.3, 0.4) is 0 Å². The molecule has 0 saturated carbocycles. The molecular weight excluding hydrogens is 216 g/mol. The monoisotopic (exact) mass is 228 g/mol. The highest BCUT2D eigenvalue weighted by Crippen LogP contribution is 2.36. The van der Waals surface area contributed by atoms with Gasteiger partial charge in [0.1, 0.15) is 10.8 Å². The molecule has 0 aliphatic rings. The van der Waals surface area contributed by atoms with E-state index in [1.807, 2.05) is 13.8 Å². The van der Waals surface area contributed by atoms with Crippen LogP contribution >= 0.6 is 11.6 Å². The number of hydrogen-bond acceptors (Lipinski definition) is 3. The van der Waals surface area contributed by atoms with E-state index in [0.29, 0.717) is 41.6 Å². The molecule has 0 aliphatic carbocycles. The number of aldehydes is 1. The Morgan fingerprint density at radius 3 is 2.47 bits per heavy atom. The molecule has 0 saturated heterocycles. The zero-order valence-electron chi connectivity index (χ0n) is 8.75. The first kappa shape index (κ1) is 11.9. The van der Waals surface area contributed by atoms with Crippen molar-refractivity contribution >= 4 is 17.9 Å². The summed E-state index contributed by atoms with van der Waals surface area (Å²) in [7, 11) is 0. The van der Waals surface area contributed by atoms with E-state index in [0.717, 1.165) is 0 Å². The third-order valence-corrected chi connectivity index (χ3v) is 2.17. The summed E-state index contributed by atoms with van der Waals surface area (Å²) < 4.78 is 10.6. The van der Waals surface area contributed by atoms with Crippen molar-refractivity contribution in [1.29, 1.82) is 0 Å². The van der Waals surface area contributed by atoms with Crippen molar-refractivity contribution in [1.82, 2.24) is 0 Å². The van der Waals surface area contributed by atoms with Crippen molar-refractivity contribution in [3.8, 4) is 11.5 Å². The van der Waals surface area contributed by atoms with Gasteiger partial charge in [-0.05, 0) is 26.0 Å². The van der Waals surface area contributed by atoms with Crippen LogP contribution in [0.4, 0.5) is 0 Å². The Labute approximate surface area is 93.9 Å². The molecule has 0 unspecified atom stereocenters. The van der Waals surface area contributed by atoms with Crippen LogP contribution in [-0.2, 0) is 0 Å². The lowest BCUT2D eigenvalue weighted by atomic mass is 10.2. The minimum absolute atomic E-state index is 0.350. The van der Waals surface area contributed by atoms with E-state index in [1.54, 1.807) is 12.1 Å².